The zero-order chi connectivity index (χ0) is 22.8. The maximum atomic E-state index is 12.8. The van der Waals surface area contributed by atoms with E-state index in [0.29, 0.717) is 42.8 Å². The average Bonchev–Trinajstić information content (AvgIpc) is 3.50. The van der Waals surface area contributed by atoms with Crippen LogP contribution >= 0.6 is 24.0 Å². The Morgan fingerprint density at radius 2 is 1.58 bits per heavy atom. The highest BCUT2D eigenvalue weighted by atomic mass is 127. The van der Waals surface area contributed by atoms with Gasteiger partial charge in [-0.05, 0) is 36.0 Å². The van der Waals surface area contributed by atoms with Crippen molar-refractivity contribution in [3.8, 4) is 17.2 Å². The van der Waals surface area contributed by atoms with E-state index in [9.17, 15) is 9.59 Å². The lowest BCUT2D eigenvalue weighted by atomic mass is 9.85. The largest absolute Gasteiger partial charge is 0.493 e. The summed E-state index contributed by atoms with van der Waals surface area (Å²) in [5.74, 6) is 2.34. The van der Waals surface area contributed by atoms with E-state index in [1.807, 2.05) is 12.1 Å². The van der Waals surface area contributed by atoms with Crippen LogP contribution in [0.3, 0.4) is 0 Å². The van der Waals surface area contributed by atoms with Crippen LogP contribution in [0, 0.1) is 23.7 Å². The molecule has 9 nitrogen and oxygen atoms in total. The lowest BCUT2D eigenvalue weighted by Crippen LogP contribution is -2.43. The quantitative estimate of drug-likeness (QED) is 0.162. The number of methoxy groups -OCH3 is 3. The number of imide groups is 1. The molecule has 1 heterocycles. The molecule has 180 valence electrons. The number of nitrogens with one attached hydrogen (secondary N) is 2. The van der Waals surface area contributed by atoms with E-state index in [0.717, 1.165) is 12.0 Å². The van der Waals surface area contributed by atoms with Crippen LogP contribution in [0.1, 0.15) is 12.0 Å². The summed E-state index contributed by atoms with van der Waals surface area (Å²) in [6.45, 7) is 1.22. The number of benzene rings is 1. The fourth-order valence-electron chi connectivity index (χ4n) is 5.11. The lowest BCUT2D eigenvalue weighted by Gasteiger charge is -2.19. The molecule has 2 amide bonds. The highest BCUT2D eigenvalue weighted by Gasteiger charge is 2.58. The van der Waals surface area contributed by atoms with Gasteiger partial charge >= 0.3 is 0 Å². The number of carbonyl (C=O) groups is 2. The first-order valence-corrected chi connectivity index (χ1v) is 10.8. The molecule has 0 spiro atoms. The molecular formula is C23H31IN4O5. The van der Waals surface area contributed by atoms with Crippen LogP contribution < -0.4 is 24.8 Å². The van der Waals surface area contributed by atoms with E-state index in [-0.39, 0.29) is 59.5 Å². The third-order valence-corrected chi connectivity index (χ3v) is 6.60. The molecule has 0 aromatic heterocycles. The lowest BCUT2D eigenvalue weighted by molar-refractivity contribution is -0.140. The van der Waals surface area contributed by atoms with Crippen molar-refractivity contribution in [2.75, 3.05) is 41.5 Å². The minimum Gasteiger partial charge on any atom is -0.493 e. The summed E-state index contributed by atoms with van der Waals surface area (Å²) in [6.07, 6.45) is 5.15. The molecule has 2 aliphatic carbocycles. The number of guanidine groups is 1. The second-order valence-electron chi connectivity index (χ2n) is 8.21. The first-order valence-electron chi connectivity index (χ1n) is 10.8. The molecule has 3 aliphatic rings. The standard InChI is InChI=1S/C23H30N4O5.HI/c1-24-23(26-12-13-9-16(30-2)20(32-4)17(10-13)31-3)25-7-8-27-21(28)18-14-5-6-15(11-14)19(18)22(27)29;/h5-6,9-10,14-15,18-19H,7-8,11-12H2,1-4H3,(H2,24,25,26);1H. The molecule has 2 bridgehead atoms. The smallest absolute Gasteiger partial charge is 0.233 e. The van der Waals surface area contributed by atoms with Crippen molar-refractivity contribution in [3.05, 3.63) is 29.8 Å². The molecule has 2 fully saturated rings. The van der Waals surface area contributed by atoms with Crippen LogP contribution in [0.25, 0.3) is 0 Å². The molecule has 0 radical (unpaired) electrons. The van der Waals surface area contributed by atoms with Crippen molar-refractivity contribution in [1.29, 1.82) is 0 Å². The number of hydrogen-bond acceptors (Lipinski definition) is 6. The minimum absolute atomic E-state index is 0. The first-order chi connectivity index (χ1) is 15.5. The Balaban J connectivity index is 0.00000306. The van der Waals surface area contributed by atoms with Gasteiger partial charge in [0.2, 0.25) is 17.6 Å². The van der Waals surface area contributed by atoms with Gasteiger partial charge in [0.15, 0.2) is 17.5 Å². The third kappa shape index (κ3) is 4.62. The number of hydrogen-bond donors (Lipinski definition) is 2. The zero-order valence-electron chi connectivity index (χ0n) is 19.3. The fraction of sp³-hybridized carbons (Fsp3) is 0.522. The summed E-state index contributed by atoms with van der Waals surface area (Å²) >= 11 is 0. The number of likely N-dealkylation sites (tertiary alicyclic amines) is 1. The van der Waals surface area contributed by atoms with E-state index in [4.69, 9.17) is 14.2 Å². The number of ether oxygens (including phenoxy) is 3. The number of amides is 2. The van der Waals surface area contributed by atoms with Crippen molar-refractivity contribution in [2.45, 2.75) is 13.0 Å². The van der Waals surface area contributed by atoms with Crippen molar-refractivity contribution >= 4 is 41.8 Å². The molecule has 1 saturated carbocycles. The average molecular weight is 570 g/mol. The topological polar surface area (TPSA) is 101 Å². The number of fused-ring (bicyclic) bond motifs is 5. The Bertz CT molecular complexity index is 911. The molecule has 1 aromatic rings. The number of carbonyl (C=O) groups excluding carboxylic acids is 2. The van der Waals surface area contributed by atoms with E-state index >= 15 is 0 Å². The Morgan fingerprint density at radius 1 is 1.00 bits per heavy atom. The molecular weight excluding hydrogens is 539 g/mol. The van der Waals surface area contributed by atoms with Crippen LogP contribution in [0.5, 0.6) is 17.2 Å². The van der Waals surface area contributed by atoms with Gasteiger partial charge in [-0.3, -0.25) is 19.5 Å². The molecule has 4 atom stereocenters. The van der Waals surface area contributed by atoms with Crippen LogP contribution in [0.4, 0.5) is 0 Å². The normalized spacial score (nSPS) is 25.1. The van der Waals surface area contributed by atoms with Crippen molar-refractivity contribution in [3.63, 3.8) is 0 Å². The molecule has 33 heavy (non-hydrogen) atoms. The zero-order valence-corrected chi connectivity index (χ0v) is 21.6. The second-order valence-corrected chi connectivity index (χ2v) is 8.21. The van der Waals surface area contributed by atoms with Gasteiger partial charge in [-0.25, -0.2) is 0 Å². The predicted octanol–water partition coefficient (Wildman–Crippen LogP) is 1.80. The minimum atomic E-state index is -0.157. The molecule has 2 N–H and O–H groups in total. The van der Waals surface area contributed by atoms with Gasteiger partial charge in [0.1, 0.15) is 0 Å². The van der Waals surface area contributed by atoms with E-state index in [2.05, 4.69) is 27.8 Å². The fourth-order valence-corrected chi connectivity index (χ4v) is 5.11. The Kier molecular flexibility index (Phi) is 8.09. The van der Waals surface area contributed by atoms with Gasteiger partial charge < -0.3 is 24.8 Å². The monoisotopic (exact) mass is 570 g/mol. The second kappa shape index (κ2) is 10.6. The number of halogens is 1. The number of aliphatic imine (C=N–C) groups is 1. The predicted molar refractivity (Wildman–Crippen MR) is 134 cm³/mol. The highest BCUT2D eigenvalue weighted by molar-refractivity contribution is 14.0. The molecule has 10 heteroatoms. The SMILES string of the molecule is CN=C(NCCN1C(=O)C2C3C=CC(C3)C2C1=O)NCc1cc(OC)c(OC)c(OC)c1.I. The Morgan fingerprint density at radius 3 is 2.06 bits per heavy atom. The summed E-state index contributed by atoms with van der Waals surface area (Å²) in [4.78, 5) is 31.2. The van der Waals surface area contributed by atoms with Gasteiger partial charge in [0, 0.05) is 26.7 Å². The summed E-state index contributed by atoms with van der Waals surface area (Å²) < 4.78 is 16.1. The van der Waals surface area contributed by atoms with Crippen LogP contribution in [-0.2, 0) is 16.1 Å². The molecule has 1 saturated heterocycles. The van der Waals surface area contributed by atoms with Gasteiger partial charge in [0.25, 0.3) is 0 Å². The number of rotatable bonds is 8. The van der Waals surface area contributed by atoms with Crippen LogP contribution in [0.15, 0.2) is 29.3 Å². The van der Waals surface area contributed by atoms with E-state index < -0.39 is 0 Å². The molecule has 4 rings (SSSR count). The molecule has 1 aromatic carbocycles. The van der Waals surface area contributed by atoms with Gasteiger partial charge in [-0.15, -0.1) is 24.0 Å². The van der Waals surface area contributed by atoms with E-state index in [1.54, 1.807) is 28.4 Å². The Labute approximate surface area is 210 Å². The van der Waals surface area contributed by atoms with Crippen LogP contribution in [0.2, 0.25) is 0 Å². The van der Waals surface area contributed by atoms with Gasteiger partial charge in [0.05, 0.1) is 33.2 Å². The van der Waals surface area contributed by atoms with Gasteiger partial charge in [-0.1, -0.05) is 12.2 Å². The summed E-state index contributed by atoms with van der Waals surface area (Å²) in [7, 11) is 6.38. The van der Waals surface area contributed by atoms with Gasteiger partial charge in [-0.2, -0.15) is 0 Å². The summed E-state index contributed by atoms with van der Waals surface area (Å²) in [5.41, 5.74) is 0.920. The summed E-state index contributed by atoms with van der Waals surface area (Å²) in [6, 6.07) is 3.73. The number of nitrogens with zero attached hydrogens (tertiary/aromatic N) is 2. The molecule has 4 unspecified atom stereocenters. The molecule has 1 aliphatic heterocycles. The van der Waals surface area contributed by atoms with Crippen molar-refractivity contribution in [1.82, 2.24) is 15.5 Å². The van der Waals surface area contributed by atoms with Crippen molar-refractivity contribution in [2.24, 2.45) is 28.7 Å². The maximum Gasteiger partial charge on any atom is 0.233 e. The third-order valence-electron chi connectivity index (χ3n) is 6.60. The highest BCUT2D eigenvalue weighted by Crippen LogP contribution is 2.52. The maximum absolute atomic E-state index is 12.8. The summed E-state index contributed by atoms with van der Waals surface area (Å²) in [5, 5.41) is 6.41. The Hall–Kier alpha value is -2.50. The van der Waals surface area contributed by atoms with E-state index in [1.165, 1.54) is 4.90 Å². The van der Waals surface area contributed by atoms with Crippen molar-refractivity contribution < 1.29 is 23.8 Å². The van der Waals surface area contributed by atoms with Crippen LogP contribution in [-0.4, -0.2) is 64.1 Å². The first kappa shape index (κ1) is 25.1. The number of allylic oxidation sites excluding steroid dienone is 2.